The van der Waals surface area contributed by atoms with Crippen LogP contribution < -0.4 is 5.32 Å². The molecule has 0 heterocycles. The van der Waals surface area contributed by atoms with Crippen molar-refractivity contribution in [3.8, 4) is 11.5 Å². The van der Waals surface area contributed by atoms with E-state index in [1.54, 1.807) is 0 Å². The first-order chi connectivity index (χ1) is 31.3. The predicted molar refractivity (Wildman–Crippen MR) is 236 cm³/mol. The van der Waals surface area contributed by atoms with Crippen LogP contribution in [0.2, 0.25) is 0 Å². The van der Waals surface area contributed by atoms with Crippen molar-refractivity contribution in [2.75, 3.05) is 28.6 Å². The number of phenolic OH excluding ortho intramolecular Hbond substituents is 2. The Balaban J connectivity index is 1.61. The molecule has 8 N–H and O–H groups in total. The molecule has 1 amide bonds. The maximum absolute atomic E-state index is 12.9. The van der Waals surface area contributed by atoms with Crippen molar-refractivity contribution in [3.63, 3.8) is 0 Å². The fourth-order valence-corrected chi connectivity index (χ4v) is 12.3. The molecular weight excluding hydrogens is 1080 g/mol. The number of rotatable bonds is 19. The Kier molecular flexibility index (Phi) is 15.8. The van der Waals surface area contributed by atoms with E-state index in [0.717, 1.165) is 48.5 Å². The van der Waals surface area contributed by atoms with Crippen LogP contribution in [0.1, 0.15) is 12.8 Å². The molecule has 0 radical (unpaired) electrons. The molecule has 0 aliphatic heterocycles. The van der Waals surface area contributed by atoms with Crippen LogP contribution in [0.15, 0.2) is 106 Å². The van der Waals surface area contributed by atoms with Crippen LogP contribution in [0.4, 0.5) is 28.4 Å². The Hall–Kier alpha value is -5.21. The van der Waals surface area contributed by atoms with Crippen molar-refractivity contribution in [2.45, 2.75) is 37.3 Å². The van der Waals surface area contributed by atoms with Crippen LogP contribution in [0, 0.1) is 0 Å². The molecule has 0 aromatic heterocycles. The topological polar surface area (TPSA) is 451 Å². The number of fused-ring (bicyclic) bond motifs is 2. The van der Waals surface area contributed by atoms with E-state index in [4.69, 9.17) is 16.2 Å². The lowest BCUT2D eigenvalue weighted by molar-refractivity contribution is -0.116. The van der Waals surface area contributed by atoms with Gasteiger partial charge in [0, 0.05) is 33.8 Å². The van der Waals surface area contributed by atoms with E-state index in [1.807, 2.05) is 0 Å². The minimum atomic E-state index is -5.61. The summed E-state index contributed by atoms with van der Waals surface area (Å²) in [6, 6.07) is 8.13. The molecule has 0 aliphatic carbocycles. The van der Waals surface area contributed by atoms with Gasteiger partial charge < -0.3 is 20.1 Å². The molecule has 0 saturated heterocycles. The van der Waals surface area contributed by atoms with Crippen LogP contribution in [0.25, 0.3) is 21.5 Å². The summed E-state index contributed by atoms with van der Waals surface area (Å²) in [4.78, 5) is 7.35. The number of halogens is 1. The number of anilines is 1. The van der Waals surface area contributed by atoms with E-state index in [1.165, 1.54) is 0 Å². The lowest BCUT2D eigenvalue weighted by Crippen LogP contribution is -2.17. The van der Waals surface area contributed by atoms with Crippen LogP contribution in [0.5, 0.6) is 11.5 Å². The van der Waals surface area contributed by atoms with Gasteiger partial charge in [0.15, 0.2) is 38.4 Å². The van der Waals surface area contributed by atoms with Gasteiger partial charge in [-0.1, -0.05) is 0 Å². The number of azo groups is 2. The minimum Gasteiger partial charge on any atom is -0.505 e. The van der Waals surface area contributed by atoms with E-state index < -0.39 is 176 Å². The summed E-state index contributed by atoms with van der Waals surface area (Å²) in [7, 11) is -29.8. The summed E-state index contributed by atoms with van der Waals surface area (Å²) in [6.07, 6.45) is -0.759. The molecule has 0 saturated carbocycles. The van der Waals surface area contributed by atoms with E-state index in [9.17, 15) is 87.9 Å². The molecule has 1 atom stereocenters. The normalized spacial score (nSPS) is 13.7. The molecule has 35 heteroatoms. The molecule has 5 aromatic carbocycles. The number of carbonyl (C=O) groups is 1. The highest BCUT2D eigenvalue weighted by atomic mass is 35.5. The molecule has 1 unspecified atom stereocenters. The summed E-state index contributed by atoms with van der Waals surface area (Å²) < 4.78 is 212. The SMILES string of the molecule is O=C(CCCS(=O)(=O)CCCl)Nc1ccc2c(O)c(N=Nc3ccc4c(O)c(N=Nc5ccc(S(=O)(=O)COS(=O)(=O)O)cc5)c(S(=O)O)cc4c3S(=O)(=O)O)c(S(=O)(=O)O)cc2c1S(=O)(=O)O. The maximum Gasteiger partial charge on any atom is 0.398 e. The van der Waals surface area contributed by atoms with Gasteiger partial charge in [0.2, 0.25) is 15.7 Å². The average molecular weight is 1110 g/mol. The first-order valence-electron chi connectivity index (χ1n) is 17.8. The fourth-order valence-electron chi connectivity index (χ4n) is 6.03. The summed E-state index contributed by atoms with van der Waals surface area (Å²) in [5.41, 5.74) is -3.83. The lowest BCUT2D eigenvalue weighted by atomic mass is 10.1. The highest BCUT2D eigenvalue weighted by molar-refractivity contribution is 7.92. The highest BCUT2D eigenvalue weighted by Gasteiger charge is 2.30. The zero-order chi connectivity index (χ0) is 50.9. The molecule has 5 rings (SSSR count). The van der Waals surface area contributed by atoms with Crippen LogP contribution >= 0.6 is 11.6 Å². The number of carbonyl (C=O) groups excluding carboxylic acids is 1. The number of benzene rings is 5. The van der Waals surface area contributed by atoms with Gasteiger partial charge in [-0.3, -0.25) is 23.0 Å². The third kappa shape index (κ3) is 12.7. The second kappa shape index (κ2) is 20.0. The van der Waals surface area contributed by atoms with Crippen LogP contribution in [-0.4, -0.2) is 117 Å². The first kappa shape index (κ1) is 53.7. The van der Waals surface area contributed by atoms with Crippen molar-refractivity contribution in [1.82, 2.24) is 0 Å². The van der Waals surface area contributed by atoms with Gasteiger partial charge in [-0.2, -0.15) is 38.8 Å². The first-order valence-corrected chi connectivity index (χ1v) is 28.6. The van der Waals surface area contributed by atoms with Crippen LogP contribution in [-0.2, 0) is 80.5 Å². The van der Waals surface area contributed by atoms with Crippen molar-refractivity contribution in [3.05, 3.63) is 60.7 Å². The zero-order valence-electron chi connectivity index (χ0n) is 33.3. The number of sulfone groups is 2. The van der Waals surface area contributed by atoms with E-state index in [-0.39, 0.29) is 23.7 Å². The number of hydrogen-bond acceptors (Lipinski definition) is 21. The minimum absolute atomic E-state index is 0.188. The summed E-state index contributed by atoms with van der Waals surface area (Å²) in [5.74, 6) is -5.89. The number of amides is 1. The van der Waals surface area contributed by atoms with Gasteiger partial charge in [0.05, 0.1) is 32.7 Å². The van der Waals surface area contributed by atoms with Gasteiger partial charge in [0.25, 0.3) is 30.4 Å². The summed E-state index contributed by atoms with van der Waals surface area (Å²) in [6.45, 7) is 0. The Bertz CT molecular complexity index is 3680. The molecule has 0 fully saturated rings. The molecule has 27 nitrogen and oxygen atoms in total. The second-order valence-electron chi connectivity index (χ2n) is 13.5. The zero-order valence-corrected chi connectivity index (χ0v) is 39.8. The second-order valence-corrected chi connectivity index (χ2v) is 24.3. The Morgan fingerprint density at radius 1 is 0.662 bits per heavy atom. The standard InChI is InChI=1S/C33H30ClN5O22S7/c34-11-13-63(45,46)12-1-2-27(40)35-23-9-7-20-22(32(23)66(52,53)54)15-26(65(49,50)51)29(31(20)42)39-37-24-10-8-19-21(33(24)67(55,56)57)14-25(62(43)44)28(30(19)41)38-36-17-3-5-18(6-4-17)64(47,48)16-61-68(58,59)60/h3-10,14-15,41-42H,1-2,11-13,16H2,(H,35,40)(H,43,44)(H,49,50,51)(H,52,53,54)(H,55,56,57)(H,58,59,60). The highest BCUT2D eigenvalue weighted by Crippen LogP contribution is 2.47. The third-order valence-electron chi connectivity index (χ3n) is 8.92. The summed E-state index contributed by atoms with van der Waals surface area (Å²) in [5, 5.41) is 36.4. The molecule has 0 aliphatic rings. The molecule has 68 heavy (non-hydrogen) atoms. The molecule has 0 bridgehead atoms. The number of nitrogens with zero attached hydrogens (tertiary/aromatic N) is 4. The Labute approximate surface area is 391 Å². The van der Waals surface area contributed by atoms with E-state index in [2.05, 4.69) is 30.0 Å². The Morgan fingerprint density at radius 2 is 1.22 bits per heavy atom. The van der Waals surface area contributed by atoms with Crippen LogP contribution in [0.3, 0.4) is 0 Å². The van der Waals surface area contributed by atoms with Gasteiger partial charge in [-0.15, -0.1) is 26.9 Å². The van der Waals surface area contributed by atoms with Gasteiger partial charge in [-0.25, -0.2) is 25.2 Å². The number of aromatic hydroxyl groups is 2. The van der Waals surface area contributed by atoms with E-state index >= 15 is 0 Å². The average Bonchev–Trinajstić information content (AvgIpc) is 3.20. The van der Waals surface area contributed by atoms with Gasteiger partial charge in [-0.05, 0) is 67.1 Å². The maximum atomic E-state index is 12.9. The number of nitrogens with one attached hydrogen (secondary N) is 1. The quantitative estimate of drug-likeness (QED) is 0.0244. The fraction of sp³-hybridized carbons (Fsp3) is 0.182. The van der Waals surface area contributed by atoms with Crippen molar-refractivity contribution in [2.24, 2.45) is 20.5 Å². The Morgan fingerprint density at radius 3 is 1.76 bits per heavy atom. The van der Waals surface area contributed by atoms with E-state index in [0.29, 0.717) is 12.1 Å². The molecule has 368 valence electrons. The molecule has 0 spiro atoms. The van der Waals surface area contributed by atoms with Crippen molar-refractivity contribution >= 4 is 139 Å². The predicted octanol–water partition coefficient (Wildman–Crippen LogP) is 4.48. The lowest BCUT2D eigenvalue weighted by Gasteiger charge is -2.15. The number of phenols is 2. The third-order valence-corrected chi connectivity index (χ3v) is 16.5. The monoisotopic (exact) mass is 1110 g/mol. The number of alkyl halides is 1. The largest absolute Gasteiger partial charge is 0.505 e. The molecular formula is C33H30ClN5O22S7. The number of hydrogen-bond donors (Lipinski definition) is 8. The molecule has 5 aromatic rings. The van der Waals surface area contributed by atoms with Gasteiger partial charge >= 0.3 is 10.4 Å². The van der Waals surface area contributed by atoms with Gasteiger partial charge in [0.1, 0.15) is 31.7 Å². The summed E-state index contributed by atoms with van der Waals surface area (Å²) >= 11 is 2.29. The smallest absolute Gasteiger partial charge is 0.398 e. The van der Waals surface area contributed by atoms with Crippen molar-refractivity contribution < 1.29 is 96.7 Å². The van der Waals surface area contributed by atoms with Crippen molar-refractivity contribution in [1.29, 1.82) is 0 Å².